The van der Waals surface area contributed by atoms with E-state index in [1.165, 1.54) is 6.07 Å². The molecule has 88 valence electrons. The van der Waals surface area contributed by atoms with Gasteiger partial charge >= 0.3 is 0 Å². The quantitative estimate of drug-likeness (QED) is 0.915. The summed E-state index contributed by atoms with van der Waals surface area (Å²) in [6.07, 6.45) is 0. The Morgan fingerprint density at radius 2 is 1.71 bits per heavy atom. The third kappa shape index (κ3) is 2.59. The second-order valence-electron chi connectivity index (χ2n) is 2.94. The van der Waals surface area contributed by atoms with Gasteiger partial charge in [-0.05, 0) is 23.7 Å². The molecule has 2 rings (SSSR count). The van der Waals surface area contributed by atoms with E-state index in [9.17, 15) is 8.78 Å². The van der Waals surface area contributed by atoms with Crippen LogP contribution in [0.25, 0.3) is 0 Å². The fraction of sp³-hybridized carbons (Fsp3) is 0. The third-order valence-corrected chi connectivity index (χ3v) is 2.24. The summed E-state index contributed by atoms with van der Waals surface area (Å²) in [4.78, 5) is 3.67. The van der Waals surface area contributed by atoms with E-state index in [4.69, 9.17) is 23.2 Å². The topological polar surface area (TPSA) is 50.7 Å². The molecule has 17 heavy (non-hydrogen) atoms. The molecular weight excluding hydrogens is 273 g/mol. The summed E-state index contributed by atoms with van der Waals surface area (Å²) in [5.74, 6) is -1.64. The normalized spacial score (nSPS) is 10.4. The van der Waals surface area contributed by atoms with Crippen LogP contribution in [-0.4, -0.2) is 15.2 Å². The molecule has 4 nitrogen and oxygen atoms in total. The maximum absolute atomic E-state index is 13.3. The van der Waals surface area contributed by atoms with E-state index >= 15 is 0 Å². The van der Waals surface area contributed by atoms with Crippen LogP contribution in [0.15, 0.2) is 18.2 Å². The van der Waals surface area contributed by atoms with Gasteiger partial charge in [0.1, 0.15) is 17.3 Å². The molecule has 0 bridgehead atoms. The third-order valence-electron chi connectivity index (χ3n) is 1.83. The largest absolute Gasteiger partial charge is 0.333 e. The summed E-state index contributed by atoms with van der Waals surface area (Å²) in [7, 11) is 0. The molecule has 0 radical (unpaired) electrons. The SMILES string of the molecule is Fc1cccc(F)c1Nc1nc(Cl)nnc1Cl. The van der Waals surface area contributed by atoms with Gasteiger partial charge in [-0.25, -0.2) is 8.78 Å². The molecule has 0 saturated carbocycles. The summed E-state index contributed by atoms with van der Waals surface area (Å²) in [6, 6.07) is 3.42. The maximum atomic E-state index is 13.3. The number of hydrogen-bond acceptors (Lipinski definition) is 4. The highest BCUT2D eigenvalue weighted by molar-refractivity contribution is 6.32. The molecule has 0 unspecified atom stereocenters. The number of halogens is 4. The van der Waals surface area contributed by atoms with Crippen LogP contribution in [0.1, 0.15) is 0 Å². The molecular formula is C9H4Cl2F2N4. The van der Waals surface area contributed by atoms with Crippen molar-refractivity contribution >= 4 is 34.7 Å². The van der Waals surface area contributed by atoms with Gasteiger partial charge in [0.05, 0.1) is 0 Å². The maximum Gasteiger partial charge on any atom is 0.245 e. The van der Waals surface area contributed by atoms with Crippen molar-refractivity contribution in [3.8, 4) is 0 Å². The van der Waals surface area contributed by atoms with Gasteiger partial charge in [0.15, 0.2) is 11.0 Å². The van der Waals surface area contributed by atoms with Gasteiger partial charge in [-0.1, -0.05) is 17.7 Å². The Bertz CT molecular complexity index is 544. The first-order chi connectivity index (χ1) is 8.08. The Morgan fingerprint density at radius 3 is 2.35 bits per heavy atom. The fourth-order valence-electron chi connectivity index (χ4n) is 1.11. The molecule has 1 heterocycles. The van der Waals surface area contributed by atoms with Crippen LogP contribution in [0.3, 0.4) is 0 Å². The minimum Gasteiger partial charge on any atom is -0.333 e. The highest BCUT2D eigenvalue weighted by Crippen LogP contribution is 2.25. The molecule has 0 aliphatic carbocycles. The van der Waals surface area contributed by atoms with Crippen molar-refractivity contribution in [3.05, 3.63) is 40.3 Å². The number of benzene rings is 1. The number of nitrogens with one attached hydrogen (secondary N) is 1. The van der Waals surface area contributed by atoms with Gasteiger partial charge in [0, 0.05) is 0 Å². The standard InChI is InChI=1S/C9H4Cl2F2N4/c10-7-8(15-9(11)17-16-7)14-6-4(12)2-1-3-5(6)13/h1-3H,(H,14,15,17). The lowest BCUT2D eigenvalue weighted by atomic mass is 10.3. The van der Waals surface area contributed by atoms with Crippen molar-refractivity contribution in [2.24, 2.45) is 0 Å². The molecule has 0 aliphatic heterocycles. The number of nitrogens with zero attached hydrogens (tertiary/aromatic N) is 3. The zero-order valence-electron chi connectivity index (χ0n) is 8.09. The van der Waals surface area contributed by atoms with Crippen molar-refractivity contribution in [2.75, 3.05) is 5.32 Å². The van der Waals surface area contributed by atoms with Crippen LogP contribution < -0.4 is 5.32 Å². The predicted octanol–water partition coefficient (Wildman–Crippen LogP) is 3.20. The Kier molecular flexibility index (Phi) is 3.35. The summed E-state index contributed by atoms with van der Waals surface area (Å²) < 4.78 is 26.7. The second kappa shape index (κ2) is 4.77. The first-order valence-corrected chi connectivity index (χ1v) is 5.10. The van der Waals surface area contributed by atoms with Crippen LogP contribution in [-0.2, 0) is 0 Å². The summed E-state index contributed by atoms with van der Waals surface area (Å²) in [6.45, 7) is 0. The lowest BCUT2D eigenvalue weighted by Crippen LogP contribution is -2.02. The number of hydrogen-bond donors (Lipinski definition) is 1. The Labute approximate surface area is 105 Å². The fourth-order valence-corrected chi connectivity index (χ4v) is 1.36. The van der Waals surface area contributed by atoms with E-state index in [2.05, 4.69) is 20.5 Å². The zero-order chi connectivity index (χ0) is 12.4. The van der Waals surface area contributed by atoms with Crippen LogP contribution >= 0.6 is 23.2 Å². The minimum atomic E-state index is -0.782. The van der Waals surface area contributed by atoms with Crippen molar-refractivity contribution in [1.29, 1.82) is 0 Å². The van der Waals surface area contributed by atoms with Gasteiger partial charge in [-0.2, -0.15) is 4.98 Å². The average Bonchev–Trinajstić information content (AvgIpc) is 2.28. The van der Waals surface area contributed by atoms with Crippen molar-refractivity contribution < 1.29 is 8.78 Å². The molecule has 1 aromatic heterocycles. The molecule has 2 aromatic rings. The smallest absolute Gasteiger partial charge is 0.245 e. The minimum absolute atomic E-state index is 0.0735. The molecule has 1 N–H and O–H groups in total. The van der Waals surface area contributed by atoms with Gasteiger partial charge in [-0.15, -0.1) is 10.2 Å². The molecule has 0 aliphatic rings. The molecule has 0 spiro atoms. The van der Waals surface area contributed by atoms with E-state index in [-0.39, 0.29) is 21.9 Å². The average molecular weight is 277 g/mol. The van der Waals surface area contributed by atoms with Gasteiger partial charge < -0.3 is 5.32 Å². The monoisotopic (exact) mass is 276 g/mol. The first-order valence-electron chi connectivity index (χ1n) is 4.34. The predicted molar refractivity (Wildman–Crippen MR) is 59.5 cm³/mol. The summed E-state index contributed by atoms with van der Waals surface area (Å²) in [5, 5.41) is 8.86. The Hall–Kier alpha value is -1.53. The van der Waals surface area contributed by atoms with E-state index in [1.54, 1.807) is 0 Å². The van der Waals surface area contributed by atoms with Crippen molar-refractivity contribution in [2.45, 2.75) is 0 Å². The van der Waals surface area contributed by atoms with E-state index < -0.39 is 11.6 Å². The zero-order valence-corrected chi connectivity index (χ0v) is 9.60. The van der Waals surface area contributed by atoms with E-state index in [1.807, 2.05) is 0 Å². The van der Waals surface area contributed by atoms with Crippen LogP contribution in [0.2, 0.25) is 10.4 Å². The Balaban J connectivity index is 2.41. The van der Waals surface area contributed by atoms with Crippen molar-refractivity contribution in [3.63, 3.8) is 0 Å². The molecule has 0 fully saturated rings. The molecule has 0 saturated heterocycles. The van der Waals surface area contributed by atoms with Crippen LogP contribution in [0, 0.1) is 11.6 Å². The van der Waals surface area contributed by atoms with Gasteiger partial charge in [0.2, 0.25) is 5.28 Å². The molecule has 0 amide bonds. The molecule has 0 atom stereocenters. The van der Waals surface area contributed by atoms with Gasteiger partial charge in [0.25, 0.3) is 0 Å². The molecule has 8 heteroatoms. The summed E-state index contributed by atoms with van der Waals surface area (Å²) in [5.41, 5.74) is -0.383. The van der Waals surface area contributed by atoms with Gasteiger partial charge in [-0.3, -0.25) is 0 Å². The molecule has 1 aromatic carbocycles. The second-order valence-corrected chi connectivity index (χ2v) is 3.64. The van der Waals surface area contributed by atoms with Crippen molar-refractivity contribution in [1.82, 2.24) is 15.2 Å². The highest BCUT2D eigenvalue weighted by Gasteiger charge is 2.12. The number of para-hydroxylation sites is 1. The van der Waals surface area contributed by atoms with Crippen LogP contribution in [0.4, 0.5) is 20.3 Å². The van der Waals surface area contributed by atoms with E-state index in [0.29, 0.717) is 0 Å². The van der Waals surface area contributed by atoms with E-state index in [0.717, 1.165) is 12.1 Å². The number of anilines is 2. The lowest BCUT2D eigenvalue weighted by Gasteiger charge is -2.08. The lowest BCUT2D eigenvalue weighted by molar-refractivity contribution is 0.590. The number of aromatic nitrogens is 3. The summed E-state index contributed by atoms with van der Waals surface area (Å²) >= 11 is 11.1. The Morgan fingerprint density at radius 1 is 1.06 bits per heavy atom. The first kappa shape index (κ1) is 11.9. The number of rotatable bonds is 2. The highest BCUT2D eigenvalue weighted by atomic mass is 35.5. The van der Waals surface area contributed by atoms with Crippen LogP contribution in [0.5, 0.6) is 0 Å².